The van der Waals surface area contributed by atoms with Crippen molar-refractivity contribution in [3.05, 3.63) is 6.42 Å². The summed E-state index contributed by atoms with van der Waals surface area (Å²) in [5, 5.41) is 0. The quantitative estimate of drug-likeness (QED) is 0.617. The topological polar surface area (TPSA) is 0 Å². The fraction of sp³-hybridized carbons (Fsp3) is 0.923. The van der Waals surface area contributed by atoms with Crippen LogP contribution in [0.15, 0.2) is 0 Å². The molecule has 0 N–H and O–H groups in total. The third kappa shape index (κ3) is 5.58. The maximum absolute atomic E-state index is 2.49. The summed E-state index contributed by atoms with van der Waals surface area (Å²) in [6, 6.07) is 0. The Balaban J connectivity index is 0.000000980. The first kappa shape index (κ1) is 17.2. The van der Waals surface area contributed by atoms with Gasteiger partial charge in [-0.3, -0.25) is 0 Å². The maximum atomic E-state index is 2.49. The monoisotopic (exact) mass is 357 g/mol. The van der Waals surface area contributed by atoms with Crippen LogP contribution in [-0.4, -0.2) is 0 Å². The second-order valence-corrected chi connectivity index (χ2v) is 5.22. The van der Waals surface area contributed by atoms with Crippen molar-refractivity contribution in [3.63, 3.8) is 0 Å². The van der Waals surface area contributed by atoms with Crippen LogP contribution in [0.1, 0.15) is 58.3 Å². The summed E-state index contributed by atoms with van der Waals surface area (Å²) in [5.74, 6) is 3.22. The zero-order valence-electron chi connectivity index (χ0n) is 10.1. The van der Waals surface area contributed by atoms with Crippen molar-refractivity contribution in [1.29, 1.82) is 0 Å². The van der Waals surface area contributed by atoms with Crippen LogP contribution in [0.3, 0.4) is 0 Å². The van der Waals surface area contributed by atoms with Gasteiger partial charge in [0.15, 0.2) is 0 Å². The molecule has 0 aromatic carbocycles. The summed E-state index contributed by atoms with van der Waals surface area (Å²) in [4.78, 5) is 0. The summed E-state index contributed by atoms with van der Waals surface area (Å²) in [7, 11) is 0. The van der Waals surface area contributed by atoms with Crippen LogP contribution in [0.5, 0.6) is 0 Å². The van der Waals surface area contributed by atoms with E-state index >= 15 is 0 Å². The van der Waals surface area contributed by atoms with Crippen LogP contribution in [0, 0.1) is 24.2 Å². The molecule has 2 saturated carbocycles. The molecule has 2 heteroatoms. The molecule has 2 fully saturated rings. The molecule has 2 aliphatic rings. The van der Waals surface area contributed by atoms with Gasteiger partial charge < -0.3 is 6.42 Å². The Morgan fingerprint density at radius 2 is 1.20 bits per heavy atom. The van der Waals surface area contributed by atoms with E-state index in [2.05, 4.69) is 13.3 Å². The van der Waals surface area contributed by atoms with Gasteiger partial charge in [0.25, 0.3) is 0 Å². The smallest absolute Gasteiger partial charge is 0 e. The second kappa shape index (κ2) is 9.18. The zero-order valence-corrected chi connectivity index (χ0v) is 15.8. The van der Waals surface area contributed by atoms with Gasteiger partial charge in [-0.05, 0) is 30.6 Å². The summed E-state index contributed by atoms with van der Waals surface area (Å²) in [5.41, 5.74) is 0. The molecule has 0 nitrogen and oxygen atoms in total. The van der Waals surface area contributed by atoms with Crippen LogP contribution in [0.4, 0.5) is 0 Å². The van der Waals surface area contributed by atoms with Crippen molar-refractivity contribution in [2.24, 2.45) is 17.8 Å². The van der Waals surface area contributed by atoms with E-state index in [0.29, 0.717) is 0 Å². The molecular formula is C13H23Y2-. The molecule has 0 amide bonds. The van der Waals surface area contributed by atoms with Crippen molar-refractivity contribution in [1.82, 2.24) is 0 Å². The molecular weight excluding hydrogens is 334 g/mol. The molecule has 0 aliphatic heterocycles. The van der Waals surface area contributed by atoms with E-state index in [1.165, 1.54) is 51.4 Å². The third-order valence-electron chi connectivity index (χ3n) is 4.21. The predicted molar refractivity (Wildman–Crippen MR) is 57.4 cm³/mol. The summed E-state index contributed by atoms with van der Waals surface area (Å²) in [6.07, 6.45) is 14.4. The summed E-state index contributed by atoms with van der Waals surface area (Å²) >= 11 is 0. The standard InChI is InChI=1S/C13H23.2Y/c1-11-7-9-13(10-8-11)12-5-3-2-4-6-12;;/h2,11-13H,3-10H2,1H3;;/q-1;;. The first-order chi connectivity index (χ1) is 6.36. The largest absolute Gasteiger partial charge is 0.328 e. The van der Waals surface area contributed by atoms with Gasteiger partial charge in [-0.1, -0.05) is 32.6 Å². The van der Waals surface area contributed by atoms with Gasteiger partial charge in [0, 0.05) is 65.4 Å². The van der Waals surface area contributed by atoms with Crippen molar-refractivity contribution >= 4 is 0 Å². The average Bonchev–Trinajstić information content (AvgIpc) is 2.20. The molecule has 2 aliphatic carbocycles. The maximum Gasteiger partial charge on any atom is 0 e. The Hall–Kier alpha value is 2.21. The van der Waals surface area contributed by atoms with Gasteiger partial charge in [0.05, 0.1) is 0 Å². The number of hydrogen-bond donors (Lipinski definition) is 0. The molecule has 0 saturated heterocycles. The van der Waals surface area contributed by atoms with Gasteiger partial charge in [0.1, 0.15) is 0 Å². The van der Waals surface area contributed by atoms with Gasteiger partial charge in [0.2, 0.25) is 0 Å². The van der Waals surface area contributed by atoms with Gasteiger partial charge >= 0.3 is 0 Å². The van der Waals surface area contributed by atoms with E-state index < -0.39 is 0 Å². The minimum atomic E-state index is 0. The van der Waals surface area contributed by atoms with Crippen LogP contribution >= 0.6 is 0 Å². The molecule has 2 rings (SSSR count). The molecule has 15 heavy (non-hydrogen) atoms. The van der Waals surface area contributed by atoms with E-state index in [-0.39, 0.29) is 65.4 Å². The Labute approximate surface area is 146 Å². The molecule has 0 heterocycles. The molecule has 0 unspecified atom stereocenters. The number of hydrogen-bond acceptors (Lipinski definition) is 0. The Kier molecular flexibility index (Phi) is 10.5. The van der Waals surface area contributed by atoms with Crippen molar-refractivity contribution in [2.45, 2.75) is 58.3 Å². The molecule has 0 spiro atoms. The normalized spacial score (nSPS) is 32.6. The van der Waals surface area contributed by atoms with Crippen LogP contribution in [-0.2, 0) is 65.4 Å². The Bertz CT molecular complexity index is 145. The Morgan fingerprint density at radius 1 is 0.733 bits per heavy atom. The minimum absolute atomic E-state index is 0. The molecule has 2 radical (unpaired) electrons. The van der Waals surface area contributed by atoms with Gasteiger partial charge in [-0.25, -0.2) is 0 Å². The zero-order chi connectivity index (χ0) is 9.10. The van der Waals surface area contributed by atoms with E-state index in [1.807, 2.05) is 0 Å². The molecule has 0 atom stereocenters. The van der Waals surface area contributed by atoms with Crippen molar-refractivity contribution in [2.75, 3.05) is 0 Å². The van der Waals surface area contributed by atoms with E-state index in [1.54, 1.807) is 0 Å². The fourth-order valence-electron chi connectivity index (χ4n) is 3.18. The first-order valence-electron chi connectivity index (χ1n) is 6.18. The molecule has 0 aromatic rings. The van der Waals surface area contributed by atoms with E-state index in [0.717, 1.165) is 17.8 Å². The van der Waals surface area contributed by atoms with Gasteiger partial charge in [-0.15, -0.1) is 0 Å². The SMILES string of the molecule is CC1CCC(C2CC[CH-]CC2)CC1.[Y].[Y]. The van der Waals surface area contributed by atoms with Crippen LogP contribution in [0.25, 0.3) is 0 Å². The second-order valence-electron chi connectivity index (χ2n) is 5.22. The number of rotatable bonds is 1. The van der Waals surface area contributed by atoms with Crippen LogP contribution < -0.4 is 0 Å². The summed E-state index contributed by atoms with van der Waals surface area (Å²) < 4.78 is 0. The molecule has 0 aromatic heterocycles. The average molecular weight is 357 g/mol. The predicted octanol–water partition coefficient (Wildman–Crippen LogP) is 4.20. The van der Waals surface area contributed by atoms with Crippen molar-refractivity contribution < 1.29 is 65.4 Å². The Morgan fingerprint density at radius 3 is 1.73 bits per heavy atom. The fourth-order valence-corrected chi connectivity index (χ4v) is 3.18. The third-order valence-corrected chi connectivity index (χ3v) is 4.21. The first-order valence-corrected chi connectivity index (χ1v) is 6.18. The minimum Gasteiger partial charge on any atom is -0.328 e. The summed E-state index contributed by atoms with van der Waals surface area (Å²) in [6.45, 7) is 2.42. The van der Waals surface area contributed by atoms with E-state index in [9.17, 15) is 0 Å². The van der Waals surface area contributed by atoms with Crippen molar-refractivity contribution in [3.8, 4) is 0 Å². The molecule has 0 bridgehead atoms. The van der Waals surface area contributed by atoms with Crippen LogP contribution in [0.2, 0.25) is 0 Å². The molecule has 82 valence electrons. The van der Waals surface area contributed by atoms with Gasteiger partial charge in [-0.2, -0.15) is 12.8 Å². The van der Waals surface area contributed by atoms with E-state index in [4.69, 9.17) is 0 Å².